The van der Waals surface area contributed by atoms with Crippen molar-refractivity contribution in [2.75, 3.05) is 25.2 Å². The third kappa shape index (κ3) is 12.0. The number of hydrogen-bond acceptors (Lipinski definition) is 8. The van der Waals surface area contributed by atoms with Gasteiger partial charge in [0.1, 0.15) is 18.7 Å². The molecular formula is C44H45N3O6S2. The fraction of sp³-hybridized carbons (Fsp3) is 0.227. The van der Waals surface area contributed by atoms with Gasteiger partial charge in [0.15, 0.2) is 0 Å². The molecule has 11 heteroatoms. The van der Waals surface area contributed by atoms with Crippen molar-refractivity contribution in [3.05, 3.63) is 179 Å². The van der Waals surface area contributed by atoms with Crippen LogP contribution in [0, 0.1) is 0 Å². The summed E-state index contributed by atoms with van der Waals surface area (Å²) in [5.74, 6) is -0.566. The number of hydrogen-bond donors (Lipinski definition) is 3. The van der Waals surface area contributed by atoms with Crippen LogP contribution in [0.3, 0.4) is 0 Å². The van der Waals surface area contributed by atoms with Crippen LogP contribution in [0.5, 0.6) is 0 Å². The molecule has 284 valence electrons. The van der Waals surface area contributed by atoms with Crippen molar-refractivity contribution >= 4 is 47.4 Å². The number of esters is 1. The highest BCUT2D eigenvalue weighted by molar-refractivity contribution is 8.00. The molecule has 9 nitrogen and oxygen atoms in total. The molecule has 5 aromatic rings. The van der Waals surface area contributed by atoms with Crippen LogP contribution >= 0.6 is 23.5 Å². The van der Waals surface area contributed by atoms with Gasteiger partial charge in [0.25, 0.3) is 0 Å². The van der Waals surface area contributed by atoms with E-state index in [0.717, 1.165) is 27.8 Å². The maximum Gasteiger partial charge on any atom is 0.407 e. The summed E-state index contributed by atoms with van der Waals surface area (Å²) < 4.78 is 9.70. The fourth-order valence-corrected chi connectivity index (χ4v) is 8.49. The monoisotopic (exact) mass is 775 g/mol. The summed E-state index contributed by atoms with van der Waals surface area (Å²) in [6.45, 7) is 0.107. The van der Waals surface area contributed by atoms with Crippen molar-refractivity contribution in [2.45, 2.75) is 35.6 Å². The van der Waals surface area contributed by atoms with E-state index in [9.17, 15) is 19.2 Å². The second-order valence-electron chi connectivity index (χ2n) is 12.5. The zero-order chi connectivity index (χ0) is 38.7. The van der Waals surface area contributed by atoms with Crippen LogP contribution in [0.15, 0.2) is 152 Å². The van der Waals surface area contributed by atoms with Crippen molar-refractivity contribution in [2.24, 2.45) is 0 Å². The van der Waals surface area contributed by atoms with Crippen LogP contribution in [0.2, 0.25) is 0 Å². The Hall–Kier alpha value is -5.52. The molecule has 0 fully saturated rings. The van der Waals surface area contributed by atoms with E-state index in [2.05, 4.69) is 52.3 Å². The molecule has 5 aromatic carbocycles. The number of methoxy groups -OCH3 is 1. The van der Waals surface area contributed by atoms with Crippen molar-refractivity contribution in [3.63, 3.8) is 0 Å². The van der Waals surface area contributed by atoms with Crippen LogP contribution in [-0.4, -0.2) is 61.1 Å². The van der Waals surface area contributed by atoms with E-state index in [4.69, 9.17) is 9.47 Å². The molecule has 3 amide bonds. The molecule has 2 atom stereocenters. The summed E-state index contributed by atoms with van der Waals surface area (Å²) in [7, 11) is 1.29. The predicted octanol–water partition coefficient (Wildman–Crippen LogP) is 7.10. The van der Waals surface area contributed by atoms with E-state index < -0.39 is 40.7 Å². The first-order valence-corrected chi connectivity index (χ1v) is 20.1. The second kappa shape index (κ2) is 21.4. The van der Waals surface area contributed by atoms with Gasteiger partial charge < -0.3 is 25.4 Å². The van der Waals surface area contributed by atoms with Crippen LogP contribution in [0.25, 0.3) is 0 Å². The maximum absolute atomic E-state index is 14.0. The summed E-state index contributed by atoms with van der Waals surface area (Å²) in [6, 6.07) is 47.2. The minimum absolute atomic E-state index is 0.00686. The fourth-order valence-electron chi connectivity index (χ4n) is 5.93. The molecule has 0 saturated heterocycles. The van der Waals surface area contributed by atoms with E-state index in [1.807, 2.05) is 115 Å². The molecule has 0 unspecified atom stereocenters. The quantitative estimate of drug-likeness (QED) is 0.0600. The highest BCUT2D eigenvalue weighted by atomic mass is 32.2. The lowest BCUT2D eigenvalue weighted by Gasteiger charge is -2.36. The van der Waals surface area contributed by atoms with Gasteiger partial charge in [-0.25, -0.2) is 9.59 Å². The number of nitrogens with one attached hydrogen (secondary N) is 3. The zero-order valence-electron chi connectivity index (χ0n) is 30.6. The normalized spacial score (nSPS) is 12.1. The number of benzene rings is 5. The minimum Gasteiger partial charge on any atom is -0.467 e. The molecule has 0 radical (unpaired) electrons. The molecule has 0 aliphatic heterocycles. The van der Waals surface area contributed by atoms with Gasteiger partial charge in [-0.2, -0.15) is 11.8 Å². The Morgan fingerprint density at radius 2 is 1.11 bits per heavy atom. The lowest BCUT2D eigenvalue weighted by Crippen LogP contribution is -2.54. The molecule has 5 rings (SSSR count). The zero-order valence-corrected chi connectivity index (χ0v) is 32.2. The van der Waals surface area contributed by atoms with Gasteiger partial charge in [0.05, 0.1) is 11.9 Å². The molecule has 0 saturated carbocycles. The number of alkyl carbamates (subject to hydrolysis) is 1. The number of rotatable bonds is 19. The molecule has 0 aliphatic carbocycles. The Bertz CT molecular complexity index is 1840. The highest BCUT2D eigenvalue weighted by Crippen LogP contribution is 2.48. The van der Waals surface area contributed by atoms with Crippen molar-refractivity contribution in [1.29, 1.82) is 0 Å². The molecule has 0 heterocycles. The molecular weight excluding hydrogens is 731 g/mol. The Labute approximate surface area is 331 Å². The molecule has 0 spiro atoms. The Morgan fingerprint density at radius 1 is 0.618 bits per heavy atom. The third-order valence-electron chi connectivity index (χ3n) is 8.69. The third-order valence-corrected chi connectivity index (χ3v) is 11.4. The van der Waals surface area contributed by atoms with Crippen LogP contribution < -0.4 is 16.0 Å². The predicted molar refractivity (Wildman–Crippen MR) is 219 cm³/mol. The number of carbonyl (C=O) groups is 4. The molecule has 55 heavy (non-hydrogen) atoms. The largest absolute Gasteiger partial charge is 0.467 e. The lowest BCUT2D eigenvalue weighted by molar-refractivity contribution is -0.144. The maximum atomic E-state index is 14.0. The van der Waals surface area contributed by atoms with Gasteiger partial charge in [-0.05, 0) is 27.8 Å². The Kier molecular flexibility index (Phi) is 15.8. The van der Waals surface area contributed by atoms with Crippen molar-refractivity contribution < 1.29 is 28.7 Å². The first-order valence-electron chi connectivity index (χ1n) is 17.9. The summed E-state index contributed by atoms with van der Waals surface area (Å²) in [6.07, 6.45) is -0.738. The number of ether oxygens (including phenoxy) is 2. The van der Waals surface area contributed by atoms with E-state index in [1.165, 1.54) is 30.6 Å². The summed E-state index contributed by atoms with van der Waals surface area (Å²) in [4.78, 5) is 52.8. The van der Waals surface area contributed by atoms with Gasteiger partial charge in [0.2, 0.25) is 11.8 Å². The van der Waals surface area contributed by atoms with E-state index >= 15 is 0 Å². The highest BCUT2D eigenvalue weighted by Gasteiger charge is 2.39. The number of carbonyl (C=O) groups excluding carboxylic acids is 4. The number of thioether (sulfide) groups is 2. The topological polar surface area (TPSA) is 123 Å². The molecule has 0 bridgehead atoms. The first kappa shape index (κ1) is 40.7. The van der Waals surface area contributed by atoms with Gasteiger partial charge in [-0.3, -0.25) is 9.59 Å². The van der Waals surface area contributed by atoms with Gasteiger partial charge >= 0.3 is 12.1 Å². The van der Waals surface area contributed by atoms with Crippen LogP contribution in [0.1, 0.15) is 34.2 Å². The first-order chi connectivity index (χ1) is 26.9. The van der Waals surface area contributed by atoms with E-state index in [0.29, 0.717) is 5.75 Å². The molecule has 0 aromatic heterocycles. The van der Waals surface area contributed by atoms with Gasteiger partial charge in [-0.15, -0.1) is 11.8 Å². The average molecular weight is 776 g/mol. The van der Waals surface area contributed by atoms with E-state index in [-0.39, 0.29) is 31.1 Å². The minimum atomic E-state index is -1.04. The summed E-state index contributed by atoms with van der Waals surface area (Å²) in [5.41, 5.74) is 4.93. The Morgan fingerprint density at radius 3 is 1.62 bits per heavy atom. The summed E-state index contributed by atoms with van der Waals surface area (Å²) >= 11 is 3.00. The molecule has 3 N–H and O–H groups in total. The smallest absolute Gasteiger partial charge is 0.407 e. The van der Waals surface area contributed by atoms with Gasteiger partial charge in [-0.1, -0.05) is 152 Å². The standard InChI is InChI=1S/C44H45N3O6S2/c1-52-42(50)39(32-55-44(35-21-11-4-12-22-35,36-23-13-5-14-24-36)37-25-15-6-16-26-37)47-41(49)38(31-54-30-34-19-9-3-10-20-34)46-40(48)27-28-45-43(51)53-29-33-17-7-2-8-18-33/h2-26,38-39H,27-32H2,1H3,(H,45,51)(H,46,48)(H,47,49)/t38-,39-/m0/s1. The summed E-state index contributed by atoms with van der Waals surface area (Å²) in [5, 5.41) is 8.31. The van der Waals surface area contributed by atoms with Crippen molar-refractivity contribution in [1.82, 2.24) is 16.0 Å². The second-order valence-corrected chi connectivity index (χ2v) is 14.8. The van der Waals surface area contributed by atoms with Crippen LogP contribution in [-0.2, 0) is 41.0 Å². The lowest BCUT2D eigenvalue weighted by atomic mass is 9.84. The van der Waals surface area contributed by atoms with Crippen LogP contribution in [0.4, 0.5) is 4.79 Å². The SMILES string of the molecule is COC(=O)[C@H](CSC(c1ccccc1)(c1ccccc1)c1ccccc1)NC(=O)[C@H](CSCc1ccccc1)NC(=O)CCNC(=O)OCc1ccccc1. The van der Waals surface area contributed by atoms with E-state index in [1.54, 1.807) is 0 Å². The van der Waals surface area contributed by atoms with Gasteiger partial charge in [0, 0.05) is 30.2 Å². The van der Waals surface area contributed by atoms with Crippen molar-refractivity contribution in [3.8, 4) is 0 Å². The Balaban J connectivity index is 1.30. The average Bonchev–Trinajstić information content (AvgIpc) is 3.24. The number of amides is 3. The molecule has 0 aliphatic rings.